The van der Waals surface area contributed by atoms with E-state index in [2.05, 4.69) is 20.8 Å². The highest BCUT2D eigenvalue weighted by molar-refractivity contribution is 4.97. The molecule has 0 bridgehead atoms. The van der Waals surface area contributed by atoms with Crippen molar-refractivity contribution in [1.29, 1.82) is 0 Å². The summed E-state index contributed by atoms with van der Waals surface area (Å²) >= 11 is 0. The van der Waals surface area contributed by atoms with Crippen molar-refractivity contribution in [2.75, 3.05) is 0 Å². The van der Waals surface area contributed by atoms with Gasteiger partial charge in [0.15, 0.2) is 0 Å². The van der Waals surface area contributed by atoms with Gasteiger partial charge in [0, 0.05) is 6.04 Å². The van der Waals surface area contributed by atoms with Gasteiger partial charge in [0.2, 0.25) is 0 Å². The Hall–Kier alpha value is -0.0400. The first-order chi connectivity index (χ1) is 6.16. The lowest BCUT2D eigenvalue weighted by molar-refractivity contribution is 0.199. The molecule has 1 fully saturated rings. The summed E-state index contributed by atoms with van der Waals surface area (Å²) in [5.41, 5.74) is 6.83. The van der Waals surface area contributed by atoms with E-state index in [0.29, 0.717) is 11.5 Å². The summed E-state index contributed by atoms with van der Waals surface area (Å²) in [4.78, 5) is 0. The van der Waals surface area contributed by atoms with Gasteiger partial charge in [-0.2, -0.15) is 0 Å². The number of hydrogen-bond donors (Lipinski definition) is 1. The first kappa shape index (κ1) is 11.0. The average Bonchev–Trinajstić information content (AvgIpc) is 2.36. The fraction of sp³-hybridized carbons (Fsp3) is 1.00. The molecule has 1 saturated carbocycles. The molecule has 0 heterocycles. The smallest absolute Gasteiger partial charge is 0.0121 e. The van der Waals surface area contributed by atoms with Crippen LogP contribution in [0.3, 0.4) is 0 Å². The van der Waals surface area contributed by atoms with Crippen LogP contribution in [0.5, 0.6) is 0 Å². The van der Waals surface area contributed by atoms with Gasteiger partial charge in [0.05, 0.1) is 0 Å². The van der Waals surface area contributed by atoms with Crippen LogP contribution >= 0.6 is 0 Å². The maximum absolute atomic E-state index is 6.33. The molecule has 0 aliphatic heterocycles. The molecule has 0 aromatic heterocycles. The van der Waals surface area contributed by atoms with E-state index in [1.165, 1.54) is 38.5 Å². The highest BCUT2D eigenvalue weighted by Gasteiger charge is 2.42. The summed E-state index contributed by atoms with van der Waals surface area (Å²) in [6, 6.07) is 0.465. The van der Waals surface area contributed by atoms with Crippen molar-refractivity contribution < 1.29 is 0 Å². The minimum Gasteiger partial charge on any atom is -0.327 e. The van der Waals surface area contributed by atoms with Crippen LogP contribution in [0.15, 0.2) is 0 Å². The molecule has 2 N–H and O–H groups in total. The zero-order valence-corrected chi connectivity index (χ0v) is 9.47. The SMILES string of the molecule is CCCC1(CCC)CCC(C)C1N. The molecule has 1 nitrogen and oxygen atoms in total. The molecule has 0 radical (unpaired) electrons. The Bertz CT molecular complexity index is 142. The molecular formula is C12H25N. The minimum absolute atomic E-state index is 0.465. The molecule has 0 aromatic rings. The second-order valence-corrected chi connectivity index (χ2v) is 4.90. The van der Waals surface area contributed by atoms with E-state index in [0.717, 1.165) is 5.92 Å². The van der Waals surface area contributed by atoms with Crippen molar-refractivity contribution in [3.8, 4) is 0 Å². The number of nitrogens with two attached hydrogens (primary N) is 1. The van der Waals surface area contributed by atoms with Gasteiger partial charge >= 0.3 is 0 Å². The lowest BCUT2D eigenvalue weighted by Crippen LogP contribution is -2.40. The van der Waals surface area contributed by atoms with Gasteiger partial charge in [-0.15, -0.1) is 0 Å². The molecule has 1 aliphatic rings. The zero-order chi connectivity index (χ0) is 9.90. The Morgan fingerprint density at radius 3 is 2.08 bits per heavy atom. The second-order valence-electron chi connectivity index (χ2n) is 4.90. The van der Waals surface area contributed by atoms with E-state index >= 15 is 0 Å². The van der Waals surface area contributed by atoms with E-state index in [9.17, 15) is 0 Å². The fourth-order valence-electron chi connectivity index (χ4n) is 3.17. The van der Waals surface area contributed by atoms with Crippen molar-refractivity contribution in [3.05, 3.63) is 0 Å². The summed E-state index contributed by atoms with van der Waals surface area (Å²) in [7, 11) is 0. The van der Waals surface area contributed by atoms with Crippen molar-refractivity contribution in [1.82, 2.24) is 0 Å². The molecule has 0 amide bonds. The van der Waals surface area contributed by atoms with Gasteiger partial charge in [-0.1, -0.05) is 33.6 Å². The standard InChI is InChI=1S/C12H25N/c1-4-7-12(8-5-2)9-6-10(3)11(12)13/h10-11H,4-9,13H2,1-3H3. The summed E-state index contributed by atoms with van der Waals surface area (Å²) in [6.07, 6.45) is 7.98. The Morgan fingerprint density at radius 2 is 1.77 bits per heavy atom. The van der Waals surface area contributed by atoms with E-state index in [1.54, 1.807) is 0 Å². The van der Waals surface area contributed by atoms with Gasteiger partial charge in [-0.25, -0.2) is 0 Å². The van der Waals surface area contributed by atoms with Gasteiger partial charge in [0.1, 0.15) is 0 Å². The Labute approximate surface area is 83.1 Å². The van der Waals surface area contributed by atoms with Crippen LogP contribution in [-0.4, -0.2) is 6.04 Å². The molecule has 0 aromatic carbocycles. The highest BCUT2D eigenvalue weighted by Crippen LogP contribution is 2.47. The lowest BCUT2D eigenvalue weighted by Gasteiger charge is -2.34. The van der Waals surface area contributed by atoms with Crippen molar-refractivity contribution in [2.45, 2.75) is 65.3 Å². The van der Waals surface area contributed by atoms with Gasteiger partial charge < -0.3 is 5.73 Å². The largest absolute Gasteiger partial charge is 0.327 e. The van der Waals surface area contributed by atoms with Gasteiger partial charge in [0.25, 0.3) is 0 Å². The summed E-state index contributed by atoms with van der Waals surface area (Å²) in [6.45, 7) is 6.89. The van der Waals surface area contributed by atoms with E-state index < -0.39 is 0 Å². The molecule has 13 heavy (non-hydrogen) atoms. The van der Waals surface area contributed by atoms with Crippen molar-refractivity contribution in [3.63, 3.8) is 0 Å². The topological polar surface area (TPSA) is 26.0 Å². The third-order valence-electron chi connectivity index (χ3n) is 3.91. The summed E-state index contributed by atoms with van der Waals surface area (Å²) in [5, 5.41) is 0. The van der Waals surface area contributed by atoms with Crippen LogP contribution in [0.1, 0.15) is 59.3 Å². The Morgan fingerprint density at radius 1 is 1.23 bits per heavy atom. The third-order valence-corrected chi connectivity index (χ3v) is 3.91. The molecule has 1 rings (SSSR count). The summed E-state index contributed by atoms with van der Waals surface area (Å²) in [5.74, 6) is 0.748. The Balaban J connectivity index is 2.66. The molecule has 1 heteroatoms. The van der Waals surface area contributed by atoms with E-state index in [4.69, 9.17) is 5.73 Å². The number of hydrogen-bond acceptors (Lipinski definition) is 1. The van der Waals surface area contributed by atoms with Crippen LogP contribution in [0.25, 0.3) is 0 Å². The van der Waals surface area contributed by atoms with E-state index in [1.807, 2.05) is 0 Å². The molecule has 0 saturated heterocycles. The normalized spacial score (nSPS) is 32.3. The molecule has 0 spiro atoms. The van der Waals surface area contributed by atoms with Gasteiger partial charge in [-0.05, 0) is 37.0 Å². The lowest BCUT2D eigenvalue weighted by atomic mass is 9.74. The highest BCUT2D eigenvalue weighted by atomic mass is 14.7. The molecular weight excluding hydrogens is 158 g/mol. The van der Waals surface area contributed by atoms with Crippen LogP contribution in [0, 0.1) is 11.3 Å². The molecule has 2 atom stereocenters. The average molecular weight is 183 g/mol. The van der Waals surface area contributed by atoms with Crippen LogP contribution < -0.4 is 5.73 Å². The first-order valence-corrected chi connectivity index (χ1v) is 5.92. The first-order valence-electron chi connectivity index (χ1n) is 5.92. The molecule has 2 unspecified atom stereocenters. The van der Waals surface area contributed by atoms with Crippen LogP contribution in [0.4, 0.5) is 0 Å². The van der Waals surface area contributed by atoms with E-state index in [-0.39, 0.29) is 0 Å². The number of rotatable bonds is 4. The molecule has 78 valence electrons. The van der Waals surface area contributed by atoms with Gasteiger partial charge in [-0.3, -0.25) is 0 Å². The predicted octanol–water partition coefficient (Wildman–Crippen LogP) is 3.33. The predicted molar refractivity (Wildman–Crippen MR) is 58.6 cm³/mol. The second kappa shape index (κ2) is 4.45. The van der Waals surface area contributed by atoms with Crippen LogP contribution in [-0.2, 0) is 0 Å². The maximum Gasteiger partial charge on any atom is 0.0121 e. The van der Waals surface area contributed by atoms with Crippen LogP contribution in [0.2, 0.25) is 0 Å². The zero-order valence-electron chi connectivity index (χ0n) is 9.47. The van der Waals surface area contributed by atoms with Crippen molar-refractivity contribution >= 4 is 0 Å². The third kappa shape index (κ3) is 2.07. The minimum atomic E-state index is 0.465. The fourth-order valence-corrected chi connectivity index (χ4v) is 3.17. The maximum atomic E-state index is 6.33. The summed E-state index contributed by atoms with van der Waals surface area (Å²) < 4.78 is 0. The molecule has 1 aliphatic carbocycles. The monoisotopic (exact) mass is 183 g/mol. The quantitative estimate of drug-likeness (QED) is 0.711. The van der Waals surface area contributed by atoms with Crippen molar-refractivity contribution in [2.24, 2.45) is 17.1 Å². The Kier molecular flexibility index (Phi) is 3.78.